The van der Waals surface area contributed by atoms with Crippen LogP contribution in [0.2, 0.25) is 0 Å². The molecule has 5 nitrogen and oxygen atoms in total. The Labute approximate surface area is 148 Å². The zero-order chi connectivity index (χ0) is 18.0. The van der Waals surface area contributed by atoms with Gasteiger partial charge in [-0.3, -0.25) is 4.79 Å². The van der Waals surface area contributed by atoms with Crippen LogP contribution >= 0.6 is 0 Å². The highest BCUT2D eigenvalue weighted by atomic mass is 16.3. The second-order valence-corrected chi connectivity index (χ2v) is 6.70. The van der Waals surface area contributed by atoms with E-state index in [2.05, 4.69) is 10.6 Å². The standard InChI is InChI=1S/C20H23N3O2/c1-14-11-19(20(25)22-9-7-17(13-24)8-10-22)15(2)23(14)18-5-3-16(12-21)4-6-18/h3-6,11,17,24H,7-10,13H2,1-2H3. The van der Waals surface area contributed by atoms with Gasteiger partial charge in [-0.25, -0.2) is 0 Å². The topological polar surface area (TPSA) is 69.3 Å². The van der Waals surface area contributed by atoms with Crippen LogP contribution in [-0.4, -0.2) is 40.2 Å². The molecule has 1 aliphatic heterocycles. The third kappa shape index (κ3) is 3.31. The first-order valence-electron chi connectivity index (χ1n) is 8.64. The average molecular weight is 337 g/mol. The quantitative estimate of drug-likeness (QED) is 0.936. The number of amides is 1. The Morgan fingerprint density at radius 2 is 1.88 bits per heavy atom. The minimum atomic E-state index is 0.0596. The van der Waals surface area contributed by atoms with Gasteiger partial charge in [0.2, 0.25) is 0 Å². The van der Waals surface area contributed by atoms with Crippen molar-refractivity contribution in [2.45, 2.75) is 26.7 Å². The fourth-order valence-corrected chi connectivity index (χ4v) is 3.55. The summed E-state index contributed by atoms with van der Waals surface area (Å²) in [6.07, 6.45) is 1.72. The van der Waals surface area contributed by atoms with Gasteiger partial charge in [0.15, 0.2) is 0 Å². The van der Waals surface area contributed by atoms with Gasteiger partial charge in [0.1, 0.15) is 0 Å². The van der Waals surface area contributed by atoms with Crippen LogP contribution in [0.15, 0.2) is 30.3 Å². The summed E-state index contributed by atoms with van der Waals surface area (Å²) in [6, 6.07) is 11.4. The molecule has 1 fully saturated rings. The van der Waals surface area contributed by atoms with Crippen LogP contribution < -0.4 is 0 Å². The monoisotopic (exact) mass is 337 g/mol. The van der Waals surface area contributed by atoms with Crippen molar-refractivity contribution < 1.29 is 9.90 Å². The predicted molar refractivity (Wildman–Crippen MR) is 95.7 cm³/mol. The number of benzene rings is 1. The highest BCUT2D eigenvalue weighted by molar-refractivity contribution is 5.96. The van der Waals surface area contributed by atoms with Crippen molar-refractivity contribution in [1.82, 2.24) is 9.47 Å². The first kappa shape index (κ1) is 17.2. The number of aliphatic hydroxyl groups is 1. The Morgan fingerprint density at radius 1 is 1.24 bits per heavy atom. The summed E-state index contributed by atoms with van der Waals surface area (Å²) in [5.74, 6) is 0.375. The van der Waals surface area contributed by atoms with Gasteiger partial charge >= 0.3 is 0 Å². The fourth-order valence-electron chi connectivity index (χ4n) is 3.55. The summed E-state index contributed by atoms with van der Waals surface area (Å²) in [7, 11) is 0. The Hall–Kier alpha value is -2.58. The largest absolute Gasteiger partial charge is 0.396 e. The van der Waals surface area contributed by atoms with Crippen LogP contribution in [0.4, 0.5) is 0 Å². The molecule has 1 aromatic carbocycles. The zero-order valence-corrected chi connectivity index (χ0v) is 14.7. The van der Waals surface area contributed by atoms with Crippen molar-refractivity contribution in [2.75, 3.05) is 19.7 Å². The van der Waals surface area contributed by atoms with E-state index in [0.29, 0.717) is 24.6 Å². The number of hydrogen-bond donors (Lipinski definition) is 1. The number of carbonyl (C=O) groups is 1. The van der Waals surface area contributed by atoms with Gasteiger partial charge in [-0.1, -0.05) is 0 Å². The van der Waals surface area contributed by atoms with Crippen LogP contribution in [0.3, 0.4) is 0 Å². The van der Waals surface area contributed by atoms with E-state index in [4.69, 9.17) is 5.26 Å². The molecule has 3 rings (SSSR count). The summed E-state index contributed by atoms with van der Waals surface area (Å²) < 4.78 is 2.05. The van der Waals surface area contributed by atoms with Crippen molar-refractivity contribution in [3.8, 4) is 11.8 Å². The molecule has 5 heteroatoms. The van der Waals surface area contributed by atoms with E-state index < -0.39 is 0 Å². The first-order chi connectivity index (χ1) is 12.0. The summed E-state index contributed by atoms with van der Waals surface area (Å²) in [5, 5.41) is 18.2. The summed E-state index contributed by atoms with van der Waals surface area (Å²) in [6.45, 7) is 5.54. The van der Waals surface area contributed by atoms with Crippen molar-refractivity contribution in [1.29, 1.82) is 5.26 Å². The predicted octanol–water partition coefficient (Wildman–Crippen LogP) is 2.81. The molecule has 1 N–H and O–H groups in total. The van der Waals surface area contributed by atoms with Gasteiger partial charge in [-0.05, 0) is 62.9 Å². The summed E-state index contributed by atoms with van der Waals surface area (Å²) in [5.41, 5.74) is 4.21. The van der Waals surface area contributed by atoms with Crippen LogP contribution in [0.25, 0.3) is 5.69 Å². The van der Waals surface area contributed by atoms with Gasteiger partial charge in [-0.15, -0.1) is 0 Å². The van der Waals surface area contributed by atoms with Crippen LogP contribution in [0.5, 0.6) is 0 Å². The average Bonchev–Trinajstić information content (AvgIpc) is 2.95. The minimum absolute atomic E-state index is 0.0596. The van der Waals surface area contributed by atoms with Gasteiger partial charge in [0, 0.05) is 36.8 Å². The van der Waals surface area contributed by atoms with Crippen molar-refractivity contribution >= 4 is 5.91 Å². The maximum absolute atomic E-state index is 12.9. The zero-order valence-electron chi connectivity index (χ0n) is 14.7. The van der Waals surface area contributed by atoms with Crippen LogP contribution in [0, 0.1) is 31.1 Å². The molecule has 130 valence electrons. The fraction of sp³-hybridized carbons (Fsp3) is 0.400. The van der Waals surface area contributed by atoms with Gasteiger partial charge < -0.3 is 14.6 Å². The Kier molecular flexibility index (Phi) is 4.91. The van der Waals surface area contributed by atoms with E-state index in [1.54, 1.807) is 12.1 Å². The van der Waals surface area contributed by atoms with Gasteiger partial charge in [0.05, 0.1) is 17.2 Å². The summed E-state index contributed by atoms with van der Waals surface area (Å²) in [4.78, 5) is 14.8. The molecule has 0 spiro atoms. The van der Waals surface area contributed by atoms with Crippen LogP contribution in [0.1, 0.15) is 40.2 Å². The Bertz CT molecular complexity index is 807. The molecule has 0 atom stereocenters. The molecule has 0 unspecified atom stereocenters. The maximum Gasteiger partial charge on any atom is 0.255 e. The molecular weight excluding hydrogens is 314 g/mol. The lowest BCUT2D eigenvalue weighted by atomic mass is 9.97. The number of piperidine rings is 1. The number of carbonyl (C=O) groups excluding carboxylic acids is 1. The molecule has 1 aromatic heterocycles. The molecule has 0 aliphatic carbocycles. The second kappa shape index (κ2) is 7.12. The van der Waals surface area contributed by atoms with Gasteiger partial charge in [0.25, 0.3) is 5.91 Å². The number of aromatic nitrogens is 1. The Morgan fingerprint density at radius 3 is 2.44 bits per heavy atom. The lowest BCUT2D eigenvalue weighted by molar-refractivity contribution is 0.0650. The minimum Gasteiger partial charge on any atom is -0.396 e. The normalized spacial score (nSPS) is 15.2. The van der Waals surface area contributed by atoms with E-state index in [9.17, 15) is 9.90 Å². The molecule has 1 aliphatic rings. The van der Waals surface area contributed by atoms with E-state index >= 15 is 0 Å². The highest BCUT2D eigenvalue weighted by Crippen LogP contribution is 2.24. The maximum atomic E-state index is 12.9. The lowest BCUT2D eigenvalue weighted by Gasteiger charge is -2.31. The number of nitriles is 1. The summed E-state index contributed by atoms with van der Waals surface area (Å²) >= 11 is 0. The molecule has 1 amide bonds. The number of hydrogen-bond acceptors (Lipinski definition) is 3. The molecule has 0 bridgehead atoms. The lowest BCUT2D eigenvalue weighted by Crippen LogP contribution is -2.39. The van der Waals surface area contributed by atoms with E-state index in [1.807, 2.05) is 36.9 Å². The highest BCUT2D eigenvalue weighted by Gasteiger charge is 2.26. The molecule has 2 aromatic rings. The van der Waals surface area contributed by atoms with Crippen molar-refractivity contribution in [3.05, 3.63) is 52.8 Å². The number of aliphatic hydroxyl groups excluding tert-OH is 1. The molecule has 1 saturated heterocycles. The second-order valence-electron chi connectivity index (χ2n) is 6.70. The van der Waals surface area contributed by atoms with Crippen LogP contribution in [-0.2, 0) is 0 Å². The van der Waals surface area contributed by atoms with Crippen molar-refractivity contribution in [3.63, 3.8) is 0 Å². The van der Waals surface area contributed by atoms with Crippen molar-refractivity contribution in [2.24, 2.45) is 5.92 Å². The molecule has 25 heavy (non-hydrogen) atoms. The van der Waals surface area contributed by atoms with E-state index in [-0.39, 0.29) is 12.5 Å². The molecule has 0 saturated carbocycles. The van der Waals surface area contributed by atoms with E-state index in [1.165, 1.54) is 0 Å². The first-order valence-corrected chi connectivity index (χ1v) is 8.64. The smallest absolute Gasteiger partial charge is 0.255 e. The molecular formula is C20H23N3O2. The molecule has 0 radical (unpaired) electrons. The molecule has 2 heterocycles. The number of rotatable bonds is 3. The van der Waals surface area contributed by atoms with E-state index in [0.717, 1.165) is 35.5 Å². The number of likely N-dealkylation sites (tertiary alicyclic amines) is 1. The SMILES string of the molecule is Cc1cc(C(=O)N2CCC(CO)CC2)c(C)n1-c1ccc(C#N)cc1. The third-order valence-corrected chi connectivity index (χ3v) is 5.08. The number of aryl methyl sites for hydroxylation is 1. The third-order valence-electron chi connectivity index (χ3n) is 5.08. The Balaban J connectivity index is 1.86. The van der Waals surface area contributed by atoms with Gasteiger partial charge in [-0.2, -0.15) is 5.26 Å². The number of nitrogens with zero attached hydrogens (tertiary/aromatic N) is 3.